The molecule has 0 aromatic carbocycles. The van der Waals surface area contributed by atoms with Crippen LogP contribution in [0.3, 0.4) is 0 Å². The molecule has 0 bridgehead atoms. The van der Waals surface area contributed by atoms with Crippen molar-refractivity contribution in [2.24, 2.45) is 0 Å². The molecule has 2 fully saturated rings. The normalized spacial score (nSPS) is 23.5. The van der Waals surface area contributed by atoms with E-state index in [1.54, 1.807) is 4.90 Å². The number of nitrogens with zero attached hydrogens (tertiary/aromatic N) is 1. The number of Topliss-reactive ketones (excluding diaryl/α,β-unsaturated/α-hetero) is 1. The van der Waals surface area contributed by atoms with E-state index in [-0.39, 0.29) is 11.9 Å². The maximum atomic E-state index is 11.9. The van der Waals surface area contributed by atoms with Crippen LogP contribution in [0.1, 0.15) is 40.0 Å². The van der Waals surface area contributed by atoms with Gasteiger partial charge in [-0.15, -0.1) is 0 Å². The highest BCUT2D eigenvalue weighted by Crippen LogP contribution is 2.33. The SMILES string of the molecule is CC(C)(C)OC(=O)N1CCC2(CC1)OCCC2=O. The summed E-state index contributed by atoms with van der Waals surface area (Å²) in [5, 5.41) is 0. The molecule has 2 rings (SSSR count). The number of carbonyl (C=O) groups is 2. The van der Waals surface area contributed by atoms with E-state index in [0.29, 0.717) is 39.0 Å². The molecule has 2 heterocycles. The number of hydrogen-bond donors (Lipinski definition) is 0. The van der Waals surface area contributed by atoms with Gasteiger partial charge in [0.25, 0.3) is 0 Å². The van der Waals surface area contributed by atoms with E-state index < -0.39 is 11.2 Å². The fourth-order valence-electron chi connectivity index (χ4n) is 2.45. The van der Waals surface area contributed by atoms with Gasteiger partial charge in [-0.05, 0) is 20.8 Å². The van der Waals surface area contributed by atoms with E-state index >= 15 is 0 Å². The molecular weight excluding hydrogens is 234 g/mol. The van der Waals surface area contributed by atoms with Crippen LogP contribution in [0.4, 0.5) is 4.79 Å². The summed E-state index contributed by atoms with van der Waals surface area (Å²) in [5.74, 6) is 0.186. The van der Waals surface area contributed by atoms with Crippen molar-refractivity contribution in [2.75, 3.05) is 19.7 Å². The molecule has 0 unspecified atom stereocenters. The lowest BCUT2D eigenvalue weighted by Crippen LogP contribution is -2.50. The summed E-state index contributed by atoms with van der Waals surface area (Å²) >= 11 is 0. The first-order valence-electron chi connectivity index (χ1n) is 6.48. The number of carbonyl (C=O) groups excluding carboxylic acids is 2. The lowest BCUT2D eigenvalue weighted by atomic mass is 9.88. The summed E-state index contributed by atoms with van der Waals surface area (Å²) in [5.41, 5.74) is -1.09. The van der Waals surface area contributed by atoms with Crippen molar-refractivity contribution < 1.29 is 19.1 Å². The Morgan fingerprint density at radius 2 is 1.94 bits per heavy atom. The summed E-state index contributed by atoms with van der Waals surface area (Å²) in [6.07, 6.45) is 1.38. The van der Waals surface area contributed by atoms with Crippen LogP contribution in [0.25, 0.3) is 0 Å². The van der Waals surface area contributed by atoms with Gasteiger partial charge in [0.15, 0.2) is 5.78 Å². The van der Waals surface area contributed by atoms with Crippen molar-refractivity contribution in [3.05, 3.63) is 0 Å². The Morgan fingerprint density at radius 3 is 2.39 bits per heavy atom. The van der Waals surface area contributed by atoms with Gasteiger partial charge < -0.3 is 14.4 Å². The largest absolute Gasteiger partial charge is 0.444 e. The summed E-state index contributed by atoms with van der Waals surface area (Å²) in [7, 11) is 0. The zero-order valence-electron chi connectivity index (χ0n) is 11.3. The Kier molecular flexibility index (Phi) is 3.36. The van der Waals surface area contributed by atoms with Gasteiger partial charge in [0.2, 0.25) is 0 Å². The van der Waals surface area contributed by atoms with E-state index in [9.17, 15) is 9.59 Å². The molecule has 1 spiro atoms. The van der Waals surface area contributed by atoms with E-state index in [2.05, 4.69) is 0 Å². The molecule has 2 saturated heterocycles. The fourth-order valence-corrected chi connectivity index (χ4v) is 2.45. The second-order valence-electron chi connectivity index (χ2n) is 5.98. The number of amides is 1. The topological polar surface area (TPSA) is 55.8 Å². The predicted molar refractivity (Wildman–Crippen MR) is 65.3 cm³/mol. The molecule has 1 amide bonds. The highest BCUT2D eigenvalue weighted by Gasteiger charge is 2.46. The maximum absolute atomic E-state index is 11.9. The van der Waals surface area contributed by atoms with Crippen LogP contribution >= 0.6 is 0 Å². The number of hydrogen-bond acceptors (Lipinski definition) is 4. The van der Waals surface area contributed by atoms with Crippen LogP contribution in [0.15, 0.2) is 0 Å². The van der Waals surface area contributed by atoms with Crippen LogP contribution in [-0.2, 0) is 14.3 Å². The molecule has 0 aromatic heterocycles. The Morgan fingerprint density at radius 1 is 1.33 bits per heavy atom. The number of rotatable bonds is 0. The predicted octanol–water partition coefficient (Wildman–Crippen LogP) is 1.75. The van der Waals surface area contributed by atoms with Gasteiger partial charge in [0.1, 0.15) is 11.2 Å². The monoisotopic (exact) mass is 255 g/mol. The molecule has 2 aliphatic rings. The Hall–Kier alpha value is -1.10. The number of likely N-dealkylation sites (tertiary alicyclic amines) is 1. The Bertz CT molecular complexity index is 350. The molecule has 0 radical (unpaired) electrons. The van der Waals surface area contributed by atoms with Crippen molar-refractivity contribution in [3.63, 3.8) is 0 Å². The zero-order chi connectivity index (χ0) is 13.4. The molecule has 0 aromatic rings. The maximum Gasteiger partial charge on any atom is 0.410 e. The molecule has 5 nitrogen and oxygen atoms in total. The molecule has 0 N–H and O–H groups in total. The van der Waals surface area contributed by atoms with E-state index in [1.165, 1.54) is 0 Å². The summed E-state index contributed by atoms with van der Waals surface area (Å²) in [6, 6.07) is 0. The van der Waals surface area contributed by atoms with Crippen molar-refractivity contribution in [2.45, 2.75) is 51.2 Å². The second-order valence-corrected chi connectivity index (χ2v) is 5.98. The number of piperidine rings is 1. The third-order valence-electron chi connectivity index (χ3n) is 3.44. The minimum atomic E-state index is -0.613. The fraction of sp³-hybridized carbons (Fsp3) is 0.846. The van der Waals surface area contributed by atoms with Crippen LogP contribution in [0.5, 0.6) is 0 Å². The van der Waals surface area contributed by atoms with Crippen molar-refractivity contribution in [1.29, 1.82) is 0 Å². The van der Waals surface area contributed by atoms with Crippen molar-refractivity contribution in [1.82, 2.24) is 4.90 Å². The molecule has 0 aliphatic carbocycles. The molecule has 2 aliphatic heterocycles. The lowest BCUT2D eigenvalue weighted by molar-refractivity contribution is -0.136. The van der Waals surface area contributed by atoms with Gasteiger partial charge in [-0.1, -0.05) is 0 Å². The van der Waals surface area contributed by atoms with Gasteiger partial charge in [-0.3, -0.25) is 4.79 Å². The standard InChI is InChI=1S/C13H21NO4/c1-12(2,3)18-11(16)14-7-5-13(6-8-14)10(15)4-9-17-13/h4-9H2,1-3H3. The average molecular weight is 255 g/mol. The first-order chi connectivity index (χ1) is 8.32. The third kappa shape index (κ3) is 2.66. The van der Waals surface area contributed by atoms with Gasteiger partial charge in [-0.25, -0.2) is 4.79 Å². The first-order valence-corrected chi connectivity index (χ1v) is 6.48. The molecule has 0 saturated carbocycles. The van der Waals surface area contributed by atoms with Crippen molar-refractivity contribution >= 4 is 11.9 Å². The highest BCUT2D eigenvalue weighted by molar-refractivity contribution is 5.89. The van der Waals surface area contributed by atoms with E-state index in [0.717, 1.165) is 0 Å². The number of ketones is 1. The van der Waals surface area contributed by atoms with Crippen molar-refractivity contribution in [3.8, 4) is 0 Å². The lowest BCUT2D eigenvalue weighted by Gasteiger charge is -2.37. The molecule has 5 heteroatoms. The number of ether oxygens (including phenoxy) is 2. The van der Waals surface area contributed by atoms with Gasteiger partial charge in [-0.2, -0.15) is 0 Å². The Balaban J connectivity index is 1.91. The van der Waals surface area contributed by atoms with Crippen LogP contribution in [-0.4, -0.2) is 47.7 Å². The van der Waals surface area contributed by atoms with Gasteiger partial charge >= 0.3 is 6.09 Å². The van der Waals surface area contributed by atoms with Crippen LogP contribution in [0, 0.1) is 0 Å². The zero-order valence-corrected chi connectivity index (χ0v) is 11.3. The quantitative estimate of drug-likeness (QED) is 0.661. The molecular formula is C13H21NO4. The first kappa shape index (κ1) is 13.3. The summed E-state index contributed by atoms with van der Waals surface area (Å²) < 4.78 is 10.9. The van der Waals surface area contributed by atoms with Crippen LogP contribution in [0.2, 0.25) is 0 Å². The second kappa shape index (κ2) is 4.53. The van der Waals surface area contributed by atoms with E-state index in [1.807, 2.05) is 20.8 Å². The Labute approximate surface area is 107 Å². The summed E-state index contributed by atoms with van der Waals surface area (Å²) in [6.45, 7) is 7.12. The molecule has 0 atom stereocenters. The summed E-state index contributed by atoms with van der Waals surface area (Å²) in [4.78, 5) is 25.3. The molecule has 18 heavy (non-hydrogen) atoms. The van der Waals surface area contributed by atoms with Crippen LogP contribution < -0.4 is 0 Å². The van der Waals surface area contributed by atoms with Gasteiger partial charge in [0, 0.05) is 32.4 Å². The van der Waals surface area contributed by atoms with Gasteiger partial charge in [0.05, 0.1) is 6.61 Å². The third-order valence-corrected chi connectivity index (χ3v) is 3.44. The average Bonchev–Trinajstić information content (AvgIpc) is 2.59. The molecule has 102 valence electrons. The minimum absolute atomic E-state index is 0.186. The highest BCUT2D eigenvalue weighted by atomic mass is 16.6. The minimum Gasteiger partial charge on any atom is -0.444 e. The smallest absolute Gasteiger partial charge is 0.410 e. The van der Waals surface area contributed by atoms with E-state index in [4.69, 9.17) is 9.47 Å².